The maximum Gasteiger partial charge on any atom is 0.127 e. The Hall–Kier alpha value is -0.770. The molecule has 20 heavy (non-hydrogen) atoms. The van der Waals surface area contributed by atoms with Crippen molar-refractivity contribution in [1.82, 2.24) is 10.2 Å². The van der Waals surface area contributed by atoms with Crippen molar-refractivity contribution in [2.24, 2.45) is 0 Å². The van der Waals surface area contributed by atoms with E-state index in [9.17, 15) is 0 Å². The van der Waals surface area contributed by atoms with Crippen molar-refractivity contribution in [3.8, 4) is 5.75 Å². The minimum Gasteiger partial charge on any atom is -0.496 e. The Bertz CT molecular complexity index is 462. The molecular formula is C16H25ClN2O. The number of hydrogen-bond donors (Lipinski definition) is 1. The molecule has 0 amide bonds. The van der Waals surface area contributed by atoms with Crippen molar-refractivity contribution in [2.45, 2.75) is 32.7 Å². The SMILES string of the molecule is COc1c(CN2CCNCC2)cc(Cl)cc1C(C)(C)C. The maximum absolute atomic E-state index is 6.32. The first-order chi connectivity index (χ1) is 9.41. The van der Waals surface area contributed by atoms with Crippen LogP contribution in [0.3, 0.4) is 0 Å². The summed E-state index contributed by atoms with van der Waals surface area (Å²) in [5.74, 6) is 0.987. The third-order valence-corrected chi connectivity index (χ3v) is 3.96. The molecule has 2 rings (SSSR count). The highest BCUT2D eigenvalue weighted by atomic mass is 35.5. The molecule has 1 aliphatic heterocycles. The number of nitrogens with zero attached hydrogens (tertiary/aromatic N) is 1. The molecule has 1 fully saturated rings. The molecule has 1 aromatic rings. The molecule has 0 aromatic heterocycles. The summed E-state index contributed by atoms with van der Waals surface area (Å²) in [6.07, 6.45) is 0. The fourth-order valence-electron chi connectivity index (χ4n) is 2.68. The zero-order valence-corrected chi connectivity index (χ0v) is 13.7. The van der Waals surface area contributed by atoms with Crippen LogP contribution in [-0.2, 0) is 12.0 Å². The molecule has 3 nitrogen and oxygen atoms in total. The number of piperazine rings is 1. The summed E-state index contributed by atoms with van der Waals surface area (Å²) in [7, 11) is 1.75. The van der Waals surface area contributed by atoms with Gasteiger partial charge in [-0.2, -0.15) is 0 Å². The van der Waals surface area contributed by atoms with E-state index in [4.69, 9.17) is 16.3 Å². The van der Waals surface area contributed by atoms with Gasteiger partial charge in [-0.3, -0.25) is 4.90 Å². The van der Waals surface area contributed by atoms with Crippen LogP contribution in [0.5, 0.6) is 5.75 Å². The second kappa shape index (κ2) is 6.33. The lowest BCUT2D eigenvalue weighted by Gasteiger charge is -2.30. The first-order valence-corrected chi connectivity index (χ1v) is 7.59. The highest BCUT2D eigenvalue weighted by molar-refractivity contribution is 6.30. The third kappa shape index (κ3) is 3.66. The Kier molecular flexibility index (Phi) is 4.95. The normalized spacial score (nSPS) is 17.2. The molecule has 0 saturated carbocycles. The van der Waals surface area contributed by atoms with Gasteiger partial charge in [0.2, 0.25) is 0 Å². The van der Waals surface area contributed by atoms with E-state index in [0.717, 1.165) is 43.5 Å². The summed E-state index contributed by atoms with van der Waals surface area (Å²) in [6.45, 7) is 11.7. The number of hydrogen-bond acceptors (Lipinski definition) is 3. The molecule has 0 spiro atoms. The summed E-state index contributed by atoms with van der Waals surface area (Å²) in [5, 5.41) is 4.17. The van der Waals surface area contributed by atoms with Gasteiger partial charge in [0.1, 0.15) is 5.75 Å². The Morgan fingerprint density at radius 1 is 1.25 bits per heavy atom. The summed E-state index contributed by atoms with van der Waals surface area (Å²) in [5.41, 5.74) is 2.39. The lowest BCUT2D eigenvalue weighted by Crippen LogP contribution is -2.43. The summed E-state index contributed by atoms with van der Waals surface area (Å²) >= 11 is 6.32. The average molecular weight is 297 g/mol. The number of rotatable bonds is 3. The first kappa shape index (κ1) is 15.6. The third-order valence-electron chi connectivity index (χ3n) is 3.75. The van der Waals surface area contributed by atoms with Crippen LogP contribution in [0.15, 0.2) is 12.1 Å². The predicted octanol–water partition coefficient (Wildman–Crippen LogP) is 3.05. The van der Waals surface area contributed by atoms with E-state index in [1.807, 2.05) is 12.1 Å². The van der Waals surface area contributed by atoms with Gasteiger partial charge in [-0.15, -0.1) is 0 Å². The van der Waals surface area contributed by atoms with Crippen LogP contribution in [0, 0.1) is 0 Å². The first-order valence-electron chi connectivity index (χ1n) is 7.22. The number of halogens is 1. The van der Waals surface area contributed by atoms with Gasteiger partial charge in [-0.1, -0.05) is 32.4 Å². The molecular weight excluding hydrogens is 272 g/mol. The Morgan fingerprint density at radius 2 is 1.90 bits per heavy atom. The smallest absolute Gasteiger partial charge is 0.127 e. The molecule has 1 N–H and O–H groups in total. The number of benzene rings is 1. The second-order valence-electron chi connectivity index (χ2n) is 6.42. The fourth-order valence-corrected chi connectivity index (χ4v) is 2.92. The van der Waals surface area contributed by atoms with Crippen molar-refractivity contribution in [2.75, 3.05) is 33.3 Å². The van der Waals surface area contributed by atoms with Crippen LogP contribution in [-0.4, -0.2) is 38.2 Å². The average Bonchev–Trinajstić information content (AvgIpc) is 2.38. The predicted molar refractivity (Wildman–Crippen MR) is 84.9 cm³/mol. The van der Waals surface area contributed by atoms with Gasteiger partial charge in [-0.05, 0) is 17.5 Å². The van der Waals surface area contributed by atoms with Crippen molar-refractivity contribution in [3.63, 3.8) is 0 Å². The number of ether oxygens (including phenoxy) is 1. The molecule has 0 bridgehead atoms. The van der Waals surface area contributed by atoms with E-state index in [-0.39, 0.29) is 5.41 Å². The quantitative estimate of drug-likeness (QED) is 0.928. The van der Waals surface area contributed by atoms with Crippen LogP contribution in [0.25, 0.3) is 0 Å². The van der Waals surface area contributed by atoms with E-state index >= 15 is 0 Å². The maximum atomic E-state index is 6.32. The molecule has 1 aromatic carbocycles. The highest BCUT2D eigenvalue weighted by Gasteiger charge is 2.23. The molecule has 4 heteroatoms. The molecule has 0 unspecified atom stereocenters. The summed E-state index contributed by atoms with van der Waals surface area (Å²) < 4.78 is 5.70. The summed E-state index contributed by atoms with van der Waals surface area (Å²) in [4.78, 5) is 2.44. The van der Waals surface area contributed by atoms with Crippen molar-refractivity contribution in [3.05, 3.63) is 28.3 Å². The van der Waals surface area contributed by atoms with Crippen molar-refractivity contribution < 1.29 is 4.74 Å². The van der Waals surface area contributed by atoms with E-state index in [1.54, 1.807) is 7.11 Å². The van der Waals surface area contributed by atoms with Crippen LogP contribution in [0.4, 0.5) is 0 Å². The molecule has 0 aliphatic carbocycles. The van der Waals surface area contributed by atoms with Gasteiger partial charge in [0.05, 0.1) is 7.11 Å². The minimum atomic E-state index is 0.0223. The van der Waals surface area contributed by atoms with Crippen LogP contribution in [0.2, 0.25) is 5.02 Å². The van der Waals surface area contributed by atoms with Crippen molar-refractivity contribution in [1.29, 1.82) is 0 Å². The van der Waals surface area contributed by atoms with Crippen LogP contribution in [0.1, 0.15) is 31.9 Å². The lowest BCUT2D eigenvalue weighted by atomic mass is 9.85. The van der Waals surface area contributed by atoms with E-state index < -0.39 is 0 Å². The fraction of sp³-hybridized carbons (Fsp3) is 0.625. The monoisotopic (exact) mass is 296 g/mol. The van der Waals surface area contributed by atoms with Gasteiger partial charge in [0, 0.05) is 48.9 Å². The van der Waals surface area contributed by atoms with Gasteiger partial charge in [0.15, 0.2) is 0 Å². The topological polar surface area (TPSA) is 24.5 Å². The number of methoxy groups -OCH3 is 1. The Morgan fingerprint density at radius 3 is 2.45 bits per heavy atom. The standard InChI is InChI=1S/C16H25ClN2O/c1-16(2,3)14-10-13(17)9-12(15(14)20-4)11-19-7-5-18-6-8-19/h9-10,18H,5-8,11H2,1-4H3. The second-order valence-corrected chi connectivity index (χ2v) is 6.86. The van der Waals surface area contributed by atoms with Gasteiger partial charge in [-0.25, -0.2) is 0 Å². The number of nitrogens with one attached hydrogen (secondary N) is 1. The van der Waals surface area contributed by atoms with Crippen molar-refractivity contribution >= 4 is 11.6 Å². The molecule has 1 aliphatic rings. The highest BCUT2D eigenvalue weighted by Crippen LogP contribution is 2.37. The van der Waals surface area contributed by atoms with Gasteiger partial charge in [0.25, 0.3) is 0 Å². The largest absolute Gasteiger partial charge is 0.496 e. The van der Waals surface area contributed by atoms with Gasteiger partial charge >= 0.3 is 0 Å². The van der Waals surface area contributed by atoms with E-state index in [0.29, 0.717) is 0 Å². The van der Waals surface area contributed by atoms with Crippen LogP contribution >= 0.6 is 11.6 Å². The zero-order chi connectivity index (χ0) is 14.8. The molecule has 112 valence electrons. The van der Waals surface area contributed by atoms with Gasteiger partial charge < -0.3 is 10.1 Å². The lowest BCUT2D eigenvalue weighted by molar-refractivity contribution is 0.229. The molecule has 0 radical (unpaired) electrons. The minimum absolute atomic E-state index is 0.0223. The van der Waals surface area contributed by atoms with E-state index in [1.165, 1.54) is 11.1 Å². The van der Waals surface area contributed by atoms with E-state index in [2.05, 4.69) is 31.0 Å². The summed E-state index contributed by atoms with van der Waals surface area (Å²) in [6, 6.07) is 4.07. The molecule has 1 heterocycles. The van der Waals surface area contributed by atoms with Crippen LogP contribution < -0.4 is 10.1 Å². The Balaban J connectivity index is 2.33. The Labute approximate surface area is 127 Å². The molecule has 0 atom stereocenters. The molecule has 1 saturated heterocycles. The zero-order valence-electron chi connectivity index (χ0n) is 12.9.